The zero-order valence-electron chi connectivity index (χ0n) is 15.9. The Kier molecular flexibility index (Phi) is 6.38. The molecule has 6 nitrogen and oxygen atoms in total. The van der Waals surface area contributed by atoms with Crippen LogP contribution in [0.5, 0.6) is 0 Å². The molecule has 1 aromatic carbocycles. The summed E-state index contributed by atoms with van der Waals surface area (Å²) in [6.45, 7) is 1.91. The second kappa shape index (κ2) is 8.68. The van der Waals surface area contributed by atoms with Crippen molar-refractivity contribution in [3.8, 4) is 11.3 Å². The summed E-state index contributed by atoms with van der Waals surface area (Å²) in [5.41, 5.74) is -1.79. The molecule has 0 fully saturated rings. The summed E-state index contributed by atoms with van der Waals surface area (Å²) in [5.74, 6) is -1.62. The van der Waals surface area contributed by atoms with Crippen LogP contribution in [-0.4, -0.2) is 25.6 Å². The minimum absolute atomic E-state index is 0.0584. The zero-order chi connectivity index (χ0) is 22.9. The normalized spacial score (nSPS) is 11.5. The maximum absolute atomic E-state index is 13.0. The molecule has 0 atom stereocenters. The fourth-order valence-corrected chi connectivity index (χ4v) is 3.46. The van der Waals surface area contributed by atoms with Gasteiger partial charge in [0.15, 0.2) is 5.43 Å². The number of carboxylic acids is 1. The molecular weight excluding hydrogens is 458 g/mol. The Morgan fingerprint density at radius 2 is 1.87 bits per heavy atom. The number of halogens is 5. The van der Waals surface area contributed by atoms with E-state index >= 15 is 0 Å². The number of hydrogen-bond donors (Lipinski definition) is 1. The standard InChI is InChI=1S/C20H14Cl2F3N3O3/c1-2-28-11(9-16-26-6-5-15(27-16)20(23,24)25)8-14(29)17(19(30)31)18(28)10-3-4-12(21)13(22)7-10/h3-8H,2,9H2,1H3,(H,30,31). The molecule has 0 aliphatic heterocycles. The Labute approximate surface area is 183 Å². The van der Waals surface area contributed by atoms with Gasteiger partial charge in [0, 0.05) is 36.5 Å². The van der Waals surface area contributed by atoms with Crippen molar-refractivity contribution in [2.24, 2.45) is 0 Å². The Balaban J connectivity index is 2.24. The van der Waals surface area contributed by atoms with Crippen molar-refractivity contribution in [1.29, 1.82) is 0 Å². The molecule has 3 rings (SSSR count). The number of benzene rings is 1. The smallest absolute Gasteiger partial charge is 0.433 e. The molecule has 162 valence electrons. The first kappa shape index (κ1) is 22.8. The number of carbonyl (C=O) groups is 1. The lowest BCUT2D eigenvalue weighted by Gasteiger charge is -2.20. The monoisotopic (exact) mass is 471 g/mol. The van der Waals surface area contributed by atoms with E-state index in [4.69, 9.17) is 23.2 Å². The highest BCUT2D eigenvalue weighted by atomic mass is 35.5. The molecule has 0 bridgehead atoms. The van der Waals surface area contributed by atoms with Crippen molar-refractivity contribution in [1.82, 2.24) is 14.5 Å². The lowest BCUT2D eigenvalue weighted by molar-refractivity contribution is -0.141. The number of aromatic carboxylic acids is 1. The summed E-state index contributed by atoms with van der Waals surface area (Å²) >= 11 is 12.0. The first-order valence-corrected chi connectivity index (χ1v) is 9.63. The van der Waals surface area contributed by atoms with Crippen LogP contribution < -0.4 is 5.43 Å². The zero-order valence-corrected chi connectivity index (χ0v) is 17.4. The molecule has 2 heterocycles. The van der Waals surface area contributed by atoms with Gasteiger partial charge in [-0.3, -0.25) is 4.79 Å². The predicted octanol–water partition coefficient (Wildman–Crippen LogP) is 4.94. The molecule has 31 heavy (non-hydrogen) atoms. The number of nitrogens with zero attached hydrogens (tertiary/aromatic N) is 3. The molecule has 0 saturated carbocycles. The first-order valence-electron chi connectivity index (χ1n) is 8.87. The maximum Gasteiger partial charge on any atom is 0.433 e. The quantitative estimate of drug-likeness (QED) is 0.569. The van der Waals surface area contributed by atoms with E-state index in [1.165, 1.54) is 22.8 Å². The Morgan fingerprint density at radius 3 is 2.45 bits per heavy atom. The molecule has 0 saturated heterocycles. The van der Waals surface area contributed by atoms with Crippen LogP contribution in [0.15, 0.2) is 41.3 Å². The molecule has 0 aliphatic carbocycles. The fraction of sp³-hybridized carbons (Fsp3) is 0.200. The van der Waals surface area contributed by atoms with Gasteiger partial charge in [0.05, 0.1) is 15.7 Å². The third-order valence-electron chi connectivity index (χ3n) is 4.46. The number of hydrogen-bond acceptors (Lipinski definition) is 4. The summed E-state index contributed by atoms with van der Waals surface area (Å²) in [7, 11) is 0. The number of aromatic nitrogens is 3. The van der Waals surface area contributed by atoms with Gasteiger partial charge in [-0.1, -0.05) is 29.3 Å². The van der Waals surface area contributed by atoms with Crippen molar-refractivity contribution in [3.05, 3.63) is 79.6 Å². The van der Waals surface area contributed by atoms with Crippen LogP contribution in [0, 0.1) is 0 Å². The van der Waals surface area contributed by atoms with Crippen LogP contribution in [0.25, 0.3) is 11.3 Å². The van der Waals surface area contributed by atoms with Gasteiger partial charge >= 0.3 is 12.1 Å². The van der Waals surface area contributed by atoms with E-state index in [1.807, 2.05) is 0 Å². The van der Waals surface area contributed by atoms with Crippen molar-refractivity contribution in [3.63, 3.8) is 0 Å². The summed E-state index contributed by atoms with van der Waals surface area (Å²) in [6.07, 6.45) is -3.90. The van der Waals surface area contributed by atoms with E-state index in [0.29, 0.717) is 5.56 Å². The lowest BCUT2D eigenvalue weighted by atomic mass is 10.0. The fourth-order valence-electron chi connectivity index (χ4n) is 3.16. The number of rotatable bonds is 5. The van der Waals surface area contributed by atoms with Gasteiger partial charge in [0.1, 0.15) is 17.1 Å². The predicted molar refractivity (Wildman–Crippen MR) is 109 cm³/mol. The van der Waals surface area contributed by atoms with Gasteiger partial charge in [0.2, 0.25) is 0 Å². The van der Waals surface area contributed by atoms with Gasteiger partial charge in [-0.05, 0) is 25.1 Å². The Bertz CT molecular complexity index is 1230. The van der Waals surface area contributed by atoms with E-state index in [1.54, 1.807) is 6.92 Å². The number of carboxylic acid groups (broad SMARTS) is 1. The highest BCUT2D eigenvalue weighted by molar-refractivity contribution is 6.42. The average molecular weight is 472 g/mol. The second-order valence-corrected chi connectivity index (χ2v) is 7.25. The van der Waals surface area contributed by atoms with Crippen LogP contribution in [0.2, 0.25) is 10.0 Å². The van der Waals surface area contributed by atoms with Gasteiger partial charge in [-0.2, -0.15) is 13.2 Å². The topological polar surface area (TPSA) is 85.1 Å². The first-order chi connectivity index (χ1) is 14.5. The molecule has 0 spiro atoms. The summed E-state index contributed by atoms with van der Waals surface area (Å²) in [5, 5.41) is 10.0. The van der Waals surface area contributed by atoms with Gasteiger partial charge in [-0.25, -0.2) is 14.8 Å². The maximum atomic E-state index is 13.0. The van der Waals surface area contributed by atoms with Crippen LogP contribution in [0.3, 0.4) is 0 Å². The van der Waals surface area contributed by atoms with Crippen molar-refractivity contribution in [2.45, 2.75) is 26.1 Å². The molecule has 0 aliphatic rings. The highest BCUT2D eigenvalue weighted by Gasteiger charge is 2.33. The molecule has 0 radical (unpaired) electrons. The van der Waals surface area contributed by atoms with Crippen molar-refractivity contribution in [2.75, 3.05) is 0 Å². The average Bonchev–Trinajstić information content (AvgIpc) is 2.69. The lowest BCUT2D eigenvalue weighted by Crippen LogP contribution is -2.24. The molecular formula is C20H14Cl2F3N3O3. The van der Waals surface area contributed by atoms with Crippen LogP contribution in [0.1, 0.15) is 34.5 Å². The molecule has 2 aromatic heterocycles. The minimum atomic E-state index is -4.65. The summed E-state index contributed by atoms with van der Waals surface area (Å²) < 4.78 is 40.4. The van der Waals surface area contributed by atoms with E-state index in [9.17, 15) is 27.9 Å². The molecule has 3 aromatic rings. The Hall–Kier alpha value is -2.91. The number of alkyl halides is 3. The minimum Gasteiger partial charge on any atom is -0.477 e. The van der Waals surface area contributed by atoms with Gasteiger partial charge < -0.3 is 9.67 Å². The van der Waals surface area contributed by atoms with Crippen molar-refractivity contribution < 1.29 is 23.1 Å². The van der Waals surface area contributed by atoms with E-state index in [-0.39, 0.29) is 40.2 Å². The summed E-state index contributed by atoms with van der Waals surface area (Å²) in [6, 6.07) is 6.19. The molecule has 1 N–H and O–H groups in total. The third-order valence-corrected chi connectivity index (χ3v) is 5.19. The van der Waals surface area contributed by atoms with Gasteiger partial charge in [-0.15, -0.1) is 0 Å². The van der Waals surface area contributed by atoms with Crippen molar-refractivity contribution >= 4 is 29.2 Å². The summed E-state index contributed by atoms with van der Waals surface area (Å²) in [4.78, 5) is 31.9. The largest absolute Gasteiger partial charge is 0.477 e. The van der Waals surface area contributed by atoms with Crippen LogP contribution in [0.4, 0.5) is 13.2 Å². The van der Waals surface area contributed by atoms with E-state index in [0.717, 1.165) is 18.3 Å². The van der Waals surface area contributed by atoms with E-state index < -0.39 is 28.8 Å². The molecule has 11 heteroatoms. The Morgan fingerprint density at radius 1 is 1.16 bits per heavy atom. The second-order valence-electron chi connectivity index (χ2n) is 6.43. The number of pyridine rings is 1. The third kappa shape index (κ3) is 4.72. The SMILES string of the molecule is CCn1c(Cc2nccc(C(F)(F)F)n2)cc(=O)c(C(=O)O)c1-c1ccc(Cl)c(Cl)c1. The molecule has 0 amide bonds. The molecule has 0 unspecified atom stereocenters. The van der Waals surface area contributed by atoms with Crippen LogP contribution in [-0.2, 0) is 19.1 Å². The highest BCUT2D eigenvalue weighted by Crippen LogP contribution is 2.31. The van der Waals surface area contributed by atoms with E-state index in [2.05, 4.69) is 9.97 Å². The van der Waals surface area contributed by atoms with Crippen LogP contribution >= 0.6 is 23.2 Å². The van der Waals surface area contributed by atoms with Gasteiger partial charge in [0.25, 0.3) is 0 Å².